The number of carbonyl (C=O) groups is 1. The number of hydrogen-bond donors (Lipinski definition) is 0. The third-order valence-electron chi connectivity index (χ3n) is 5.42. The van der Waals surface area contributed by atoms with Crippen LogP contribution < -0.4 is 10.5 Å². The smallest absolute Gasteiger partial charge is 0.254 e. The number of nitrogens with zero attached hydrogens (tertiary/aromatic N) is 3. The van der Waals surface area contributed by atoms with Crippen LogP contribution in [0, 0.1) is 5.92 Å². The normalized spacial score (nSPS) is 15.9. The van der Waals surface area contributed by atoms with E-state index in [9.17, 15) is 9.59 Å². The zero-order chi connectivity index (χ0) is 22.0. The summed E-state index contributed by atoms with van der Waals surface area (Å²) < 4.78 is 1.65. The van der Waals surface area contributed by atoms with Crippen LogP contribution in [0.5, 0.6) is 0 Å². The van der Waals surface area contributed by atoms with Crippen molar-refractivity contribution >= 4 is 23.4 Å². The monoisotopic (exact) mass is 433 g/mol. The van der Waals surface area contributed by atoms with E-state index in [-0.39, 0.29) is 22.8 Å². The standard InChI is InChI=1S/C25H27N3O2S/c1-25(2,3)21-14-22(29)28-16-19(17-31-24(28)26-21)23(30)27(20-12-8-5-9-13-20)15-18-10-6-4-7-11-18/h4-14,19H,15-17H2,1-3H3. The number of aromatic nitrogens is 2. The summed E-state index contributed by atoms with van der Waals surface area (Å²) in [4.78, 5) is 33.0. The summed E-state index contributed by atoms with van der Waals surface area (Å²) in [7, 11) is 0. The molecule has 1 amide bonds. The Morgan fingerprint density at radius 1 is 1.10 bits per heavy atom. The van der Waals surface area contributed by atoms with E-state index in [1.54, 1.807) is 10.6 Å². The van der Waals surface area contributed by atoms with Gasteiger partial charge in [0.1, 0.15) is 0 Å². The maximum atomic E-state index is 13.6. The molecule has 1 aliphatic heterocycles. The Bertz CT molecular complexity index is 1120. The van der Waals surface area contributed by atoms with Crippen LogP contribution in [0.1, 0.15) is 32.0 Å². The lowest BCUT2D eigenvalue weighted by Gasteiger charge is -2.31. The molecule has 1 unspecified atom stereocenters. The van der Waals surface area contributed by atoms with E-state index in [1.807, 2.05) is 86.3 Å². The molecule has 5 nitrogen and oxygen atoms in total. The summed E-state index contributed by atoms with van der Waals surface area (Å²) in [5, 5.41) is 0.704. The Kier molecular flexibility index (Phi) is 6.01. The van der Waals surface area contributed by atoms with Crippen LogP contribution in [0.3, 0.4) is 0 Å². The number of anilines is 1. The largest absolute Gasteiger partial charge is 0.308 e. The van der Waals surface area contributed by atoms with Crippen molar-refractivity contribution in [3.63, 3.8) is 0 Å². The average Bonchev–Trinajstić information content (AvgIpc) is 2.77. The van der Waals surface area contributed by atoms with E-state index in [1.165, 1.54) is 11.8 Å². The molecule has 2 heterocycles. The zero-order valence-corrected chi connectivity index (χ0v) is 18.9. The van der Waals surface area contributed by atoms with Gasteiger partial charge in [0.05, 0.1) is 18.2 Å². The molecule has 0 spiro atoms. The second-order valence-electron chi connectivity index (χ2n) is 8.88. The lowest BCUT2D eigenvalue weighted by Crippen LogP contribution is -2.42. The Hall–Kier alpha value is -2.86. The first-order valence-corrected chi connectivity index (χ1v) is 11.5. The quantitative estimate of drug-likeness (QED) is 0.569. The predicted octanol–water partition coefficient (Wildman–Crippen LogP) is 4.50. The van der Waals surface area contributed by atoms with Crippen molar-refractivity contribution < 1.29 is 4.79 Å². The van der Waals surface area contributed by atoms with Gasteiger partial charge in [-0.3, -0.25) is 14.2 Å². The van der Waals surface area contributed by atoms with Crippen LogP contribution >= 0.6 is 11.8 Å². The topological polar surface area (TPSA) is 55.2 Å². The molecule has 0 saturated heterocycles. The van der Waals surface area contributed by atoms with Crippen LogP contribution in [0.4, 0.5) is 5.69 Å². The van der Waals surface area contributed by atoms with Crippen LogP contribution in [-0.2, 0) is 23.3 Å². The number of fused-ring (bicyclic) bond motifs is 1. The summed E-state index contributed by atoms with van der Waals surface area (Å²) in [5.41, 5.74) is 2.44. The zero-order valence-electron chi connectivity index (χ0n) is 18.1. The van der Waals surface area contributed by atoms with E-state index in [0.29, 0.717) is 24.0 Å². The highest BCUT2D eigenvalue weighted by Gasteiger charge is 2.32. The number of benzene rings is 2. The van der Waals surface area contributed by atoms with Gasteiger partial charge in [0.15, 0.2) is 5.16 Å². The fraction of sp³-hybridized carbons (Fsp3) is 0.320. The predicted molar refractivity (Wildman–Crippen MR) is 125 cm³/mol. The lowest BCUT2D eigenvalue weighted by molar-refractivity contribution is -0.122. The number of carbonyl (C=O) groups excluding carboxylic acids is 1. The van der Waals surface area contributed by atoms with Gasteiger partial charge in [-0.05, 0) is 17.7 Å². The molecule has 31 heavy (non-hydrogen) atoms. The Morgan fingerprint density at radius 2 is 1.74 bits per heavy atom. The highest BCUT2D eigenvalue weighted by atomic mass is 32.2. The lowest BCUT2D eigenvalue weighted by atomic mass is 9.92. The molecule has 1 aliphatic rings. The first-order chi connectivity index (χ1) is 14.8. The third kappa shape index (κ3) is 4.74. The third-order valence-corrected chi connectivity index (χ3v) is 6.56. The summed E-state index contributed by atoms with van der Waals surface area (Å²) in [6, 6.07) is 21.3. The van der Waals surface area contributed by atoms with Crippen LogP contribution in [0.25, 0.3) is 0 Å². The molecule has 4 rings (SSSR count). The second kappa shape index (κ2) is 8.71. The van der Waals surface area contributed by atoms with Crippen molar-refractivity contribution in [1.29, 1.82) is 0 Å². The molecule has 0 radical (unpaired) electrons. The van der Waals surface area contributed by atoms with E-state index < -0.39 is 0 Å². The number of hydrogen-bond acceptors (Lipinski definition) is 4. The molecule has 1 aromatic heterocycles. The SMILES string of the molecule is CC(C)(C)c1cc(=O)n2c(n1)SCC(C(=O)N(Cc1ccccc1)c1ccccc1)C2. The van der Waals surface area contributed by atoms with Crippen LogP contribution in [0.2, 0.25) is 0 Å². The van der Waals surface area contributed by atoms with Gasteiger partial charge in [-0.25, -0.2) is 4.98 Å². The summed E-state index contributed by atoms with van der Waals surface area (Å²) in [6.45, 7) is 7.00. The highest BCUT2D eigenvalue weighted by molar-refractivity contribution is 7.99. The van der Waals surface area contributed by atoms with Crippen molar-refractivity contribution in [1.82, 2.24) is 9.55 Å². The van der Waals surface area contributed by atoms with Gasteiger partial charge in [0.2, 0.25) is 5.91 Å². The molecule has 0 aliphatic carbocycles. The van der Waals surface area contributed by atoms with Gasteiger partial charge in [-0.1, -0.05) is 81.1 Å². The van der Waals surface area contributed by atoms with Crippen molar-refractivity contribution in [2.24, 2.45) is 5.92 Å². The van der Waals surface area contributed by atoms with Gasteiger partial charge >= 0.3 is 0 Å². The molecule has 0 fully saturated rings. The number of thioether (sulfide) groups is 1. The fourth-order valence-corrected chi connectivity index (χ4v) is 4.72. The summed E-state index contributed by atoms with van der Waals surface area (Å²) >= 11 is 1.49. The van der Waals surface area contributed by atoms with Crippen molar-refractivity contribution in [3.05, 3.63) is 88.3 Å². The second-order valence-corrected chi connectivity index (χ2v) is 9.86. The minimum absolute atomic E-state index is 0.0278. The van der Waals surface area contributed by atoms with Gasteiger partial charge in [0.25, 0.3) is 5.56 Å². The van der Waals surface area contributed by atoms with E-state index in [4.69, 9.17) is 4.98 Å². The highest BCUT2D eigenvalue weighted by Crippen LogP contribution is 2.30. The minimum Gasteiger partial charge on any atom is -0.308 e. The Labute approximate surface area is 187 Å². The van der Waals surface area contributed by atoms with E-state index in [2.05, 4.69) is 0 Å². The Morgan fingerprint density at radius 3 is 2.39 bits per heavy atom. The Balaban J connectivity index is 1.62. The number of rotatable bonds is 4. The molecule has 3 aromatic rings. The van der Waals surface area contributed by atoms with Crippen LogP contribution in [-0.4, -0.2) is 21.2 Å². The van der Waals surface area contributed by atoms with Gasteiger partial charge in [0, 0.05) is 29.5 Å². The molecular formula is C25H27N3O2S. The van der Waals surface area contributed by atoms with E-state index in [0.717, 1.165) is 16.9 Å². The molecule has 6 heteroatoms. The van der Waals surface area contributed by atoms with Crippen molar-refractivity contribution in [2.45, 2.75) is 44.4 Å². The molecule has 2 aromatic carbocycles. The van der Waals surface area contributed by atoms with Crippen molar-refractivity contribution in [3.8, 4) is 0 Å². The molecule has 160 valence electrons. The van der Waals surface area contributed by atoms with Gasteiger partial charge < -0.3 is 4.90 Å². The maximum absolute atomic E-state index is 13.6. The summed E-state index contributed by atoms with van der Waals surface area (Å²) in [6.07, 6.45) is 0. The molecule has 1 atom stereocenters. The van der Waals surface area contributed by atoms with E-state index >= 15 is 0 Å². The fourth-order valence-electron chi connectivity index (χ4n) is 3.64. The molecular weight excluding hydrogens is 406 g/mol. The van der Waals surface area contributed by atoms with Gasteiger partial charge in [-0.15, -0.1) is 0 Å². The van der Waals surface area contributed by atoms with Gasteiger partial charge in [-0.2, -0.15) is 0 Å². The maximum Gasteiger partial charge on any atom is 0.254 e. The molecule has 0 saturated carbocycles. The first-order valence-electron chi connectivity index (χ1n) is 10.5. The number of para-hydroxylation sites is 1. The molecule has 0 bridgehead atoms. The minimum atomic E-state index is -0.290. The first kappa shape index (κ1) is 21.4. The van der Waals surface area contributed by atoms with Crippen molar-refractivity contribution in [2.75, 3.05) is 10.7 Å². The number of amides is 1. The van der Waals surface area contributed by atoms with Crippen LogP contribution in [0.15, 0.2) is 76.7 Å². The summed E-state index contributed by atoms with van der Waals surface area (Å²) in [5.74, 6) is 0.346. The molecule has 0 N–H and O–H groups in total. The average molecular weight is 434 g/mol.